The molecule has 5 nitrogen and oxygen atoms in total. The van der Waals surface area contributed by atoms with Gasteiger partial charge in [-0.1, -0.05) is 29.8 Å². The summed E-state index contributed by atoms with van der Waals surface area (Å²) in [4.78, 5) is 4.52. The molecule has 0 unspecified atom stereocenters. The fourth-order valence-corrected chi connectivity index (χ4v) is 3.92. The van der Waals surface area contributed by atoms with E-state index in [4.69, 9.17) is 0 Å². The summed E-state index contributed by atoms with van der Waals surface area (Å²) in [5, 5.41) is 3.28. The highest BCUT2D eigenvalue weighted by atomic mass is 32.2. The lowest BCUT2D eigenvalue weighted by Gasteiger charge is -2.13. The van der Waals surface area contributed by atoms with Crippen molar-refractivity contribution < 1.29 is 8.42 Å². The van der Waals surface area contributed by atoms with E-state index in [2.05, 4.69) is 21.1 Å². The summed E-state index contributed by atoms with van der Waals surface area (Å²) in [6.07, 6.45) is 9.91. The van der Waals surface area contributed by atoms with Gasteiger partial charge in [0.1, 0.15) is 5.82 Å². The van der Waals surface area contributed by atoms with Crippen LogP contribution in [0.5, 0.6) is 0 Å². The predicted octanol–water partition coefficient (Wildman–Crippen LogP) is 4.18. The van der Waals surface area contributed by atoms with Crippen LogP contribution in [0.4, 0.5) is 11.5 Å². The fraction of sp³-hybridized carbons (Fsp3) is 0.316. The highest BCUT2D eigenvalue weighted by Crippen LogP contribution is 2.20. The van der Waals surface area contributed by atoms with Crippen molar-refractivity contribution in [3.05, 3.63) is 60.3 Å². The van der Waals surface area contributed by atoms with Crippen LogP contribution >= 0.6 is 0 Å². The Hall–Kier alpha value is -2.34. The highest BCUT2D eigenvalue weighted by Gasteiger charge is 2.13. The van der Waals surface area contributed by atoms with Crippen molar-refractivity contribution in [3.63, 3.8) is 0 Å². The summed E-state index contributed by atoms with van der Waals surface area (Å²) < 4.78 is 27.1. The number of hydrogen-bond acceptors (Lipinski definition) is 4. The average molecular weight is 357 g/mol. The maximum Gasteiger partial charge on any atom is 0.261 e. The van der Waals surface area contributed by atoms with Crippen LogP contribution in [0.2, 0.25) is 0 Å². The highest BCUT2D eigenvalue weighted by molar-refractivity contribution is 7.92. The minimum absolute atomic E-state index is 0.234. The first-order valence-corrected chi connectivity index (χ1v) is 10.1. The smallest absolute Gasteiger partial charge is 0.261 e. The lowest BCUT2D eigenvalue weighted by Crippen LogP contribution is -2.13. The van der Waals surface area contributed by atoms with Crippen molar-refractivity contribution in [2.45, 2.75) is 37.0 Å². The van der Waals surface area contributed by atoms with Crippen LogP contribution in [0.1, 0.15) is 32.1 Å². The van der Waals surface area contributed by atoms with Gasteiger partial charge in [-0.2, -0.15) is 0 Å². The fourth-order valence-electron chi connectivity index (χ4n) is 2.86. The Balaban J connectivity index is 1.54. The third kappa shape index (κ3) is 5.06. The quantitative estimate of drug-likeness (QED) is 0.729. The van der Waals surface area contributed by atoms with E-state index in [1.807, 2.05) is 0 Å². The molecule has 2 N–H and O–H groups in total. The molecule has 0 saturated carbocycles. The van der Waals surface area contributed by atoms with E-state index in [0.717, 1.165) is 18.8 Å². The summed E-state index contributed by atoms with van der Waals surface area (Å²) in [5.41, 5.74) is 1.97. The molecule has 1 aromatic heterocycles. The molecule has 0 amide bonds. The number of anilines is 2. The summed E-state index contributed by atoms with van der Waals surface area (Å²) in [6, 6.07) is 11.8. The number of pyridine rings is 1. The molecule has 25 heavy (non-hydrogen) atoms. The molecule has 0 aliphatic heterocycles. The van der Waals surface area contributed by atoms with E-state index < -0.39 is 10.0 Å². The molecule has 0 saturated heterocycles. The normalized spacial score (nSPS) is 14.6. The van der Waals surface area contributed by atoms with E-state index in [-0.39, 0.29) is 4.90 Å². The molecule has 0 bridgehead atoms. The number of nitrogens with one attached hydrogen (secondary N) is 2. The van der Waals surface area contributed by atoms with Crippen LogP contribution in [-0.4, -0.2) is 19.9 Å². The molecule has 0 atom stereocenters. The van der Waals surface area contributed by atoms with Gasteiger partial charge >= 0.3 is 0 Å². The van der Waals surface area contributed by atoms with Crippen molar-refractivity contribution in [1.29, 1.82) is 0 Å². The summed E-state index contributed by atoms with van der Waals surface area (Å²) in [6.45, 7) is 0.841. The van der Waals surface area contributed by atoms with E-state index in [0.29, 0.717) is 5.69 Å². The maximum absolute atomic E-state index is 12.3. The molecule has 0 spiro atoms. The van der Waals surface area contributed by atoms with Gasteiger partial charge in [0.25, 0.3) is 10.0 Å². The standard InChI is InChI=1S/C19H23N3O2S/c23-25(24,18-9-5-2-6-10-18)22-17-11-12-19(21-15-17)20-14-13-16-7-3-1-4-8-16/h2,5-7,9-12,15,22H,1,3-4,8,13-14H2,(H,20,21). The number of aromatic nitrogens is 1. The molecule has 1 heterocycles. The lowest BCUT2D eigenvalue weighted by atomic mass is 9.97. The number of benzene rings is 1. The van der Waals surface area contributed by atoms with Gasteiger partial charge in [-0.3, -0.25) is 4.72 Å². The summed E-state index contributed by atoms with van der Waals surface area (Å²) >= 11 is 0. The van der Waals surface area contributed by atoms with Gasteiger partial charge in [0.05, 0.1) is 16.8 Å². The maximum atomic E-state index is 12.3. The second-order valence-electron chi connectivity index (χ2n) is 6.14. The zero-order valence-corrected chi connectivity index (χ0v) is 14.9. The Morgan fingerprint density at radius 1 is 1.04 bits per heavy atom. The minimum atomic E-state index is -3.58. The monoisotopic (exact) mass is 357 g/mol. The van der Waals surface area contributed by atoms with Gasteiger partial charge in [-0.05, 0) is 56.4 Å². The first-order chi connectivity index (χ1) is 12.1. The largest absolute Gasteiger partial charge is 0.370 e. The van der Waals surface area contributed by atoms with Crippen LogP contribution in [-0.2, 0) is 10.0 Å². The van der Waals surface area contributed by atoms with Gasteiger partial charge < -0.3 is 5.32 Å². The molecule has 1 aromatic carbocycles. The molecule has 6 heteroatoms. The average Bonchev–Trinajstić information content (AvgIpc) is 2.65. The number of allylic oxidation sites excluding steroid dienone is 1. The number of hydrogen-bond donors (Lipinski definition) is 2. The Morgan fingerprint density at radius 3 is 2.56 bits per heavy atom. The van der Waals surface area contributed by atoms with Gasteiger partial charge in [-0.15, -0.1) is 0 Å². The van der Waals surface area contributed by atoms with E-state index in [9.17, 15) is 8.42 Å². The van der Waals surface area contributed by atoms with Crippen LogP contribution in [0, 0.1) is 0 Å². The Labute approximate surface area is 149 Å². The van der Waals surface area contributed by atoms with E-state index in [1.165, 1.54) is 37.5 Å². The summed E-state index contributed by atoms with van der Waals surface area (Å²) in [7, 11) is -3.58. The first kappa shape index (κ1) is 17.5. The van der Waals surface area contributed by atoms with Crippen LogP contribution in [0.15, 0.2) is 65.2 Å². The van der Waals surface area contributed by atoms with Gasteiger partial charge in [0.15, 0.2) is 0 Å². The molecule has 1 aliphatic rings. The molecule has 0 radical (unpaired) electrons. The van der Waals surface area contributed by atoms with Crippen LogP contribution in [0.3, 0.4) is 0 Å². The number of rotatable bonds is 7. The molecular formula is C19H23N3O2S. The minimum Gasteiger partial charge on any atom is -0.370 e. The van der Waals surface area contributed by atoms with Gasteiger partial charge in [0.2, 0.25) is 0 Å². The third-order valence-corrected chi connectivity index (χ3v) is 5.60. The Bertz CT molecular complexity index is 816. The van der Waals surface area contributed by atoms with Crippen molar-refractivity contribution in [2.24, 2.45) is 0 Å². The van der Waals surface area contributed by atoms with E-state index >= 15 is 0 Å². The molecule has 3 rings (SSSR count). The third-order valence-electron chi connectivity index (χ3n) is 4.21. The Morgan fingerprint density at radius 2 is 1.88 bits per heavy atom. The van der Waals surface area contributed by atoms with Crippen LogP contribution in [0.25, 0.3) is 0 Å². The Kier molecular flexibility index (Phi) is 5.71. The predicted molar refractivity (Wildman–Crippen MR) is 101 cm³/mol. The van der Waals surface area contributed by atoms with E-state index in [1.54, 1.807) is 42.5 Å². The van der Waals surface area contributed by atoms with Crippen molar-refractivity contribution in [3.8, 4) is 0 Å². The molecule has 132 valence electrons. The number of sulfonamides is 1. The van der Waals surface area contributed by atoms with Crippen molar-refractivity contribution in [1.82, 2.24) is 4.98 Å². The number of nitrogens with zero attached hydrogens (tertiary/aromatic N) is 1. The van der Waals surface area contributed by atoms with Crippen molar-refractivity contribution >= 4 is 21.5 Å². The molecular weight excluding hydrogens is 334 g/mol. The first-order valence-electron chi connectivity index (χ1n) is 8.59. The van der Waals surface area contributed by atoms with Gasteiger partial charge in [-0.25, -0.2) is 13.4 Å². The molecule has 0 fully saturated rings. The molecule has 1 aliphatic carbocycles. The second kappa shape index (κ2) is 8.16. The van der Waals surface area contributed by atoms with Crippen LogP contribution < -0.4 is 10.0 Å². The zero-order valence-electron chi connectivity index (χ0n) is 14.1. The van der Waals surface area contributed by atoms with Crippen molar-refractivity contribution in [2.75, 3.05) is 16.6 Å². The van der Waals surface area contributed by atoms with Gasteiger partial charge in [0, 0.05) is 6.54 Å². The second-order valence-corrected chi connectivity index (χ2v) is 7.82. The topological polar surface area (TPSA) is 71.1 Å². The molecule has 2 aromatic rings. The zero-order chi connectivity index (χ0) is 17.5. The summed E-state index contributed by atoms with van der Waals surface area (Å²) in [5.74, 6) is 0.749. The SMILES string of the molecule is O=S(=O)(Nc1ccc(NCCC2=CCCCC2)nc1)c1ccccc1. The lowest BCUT2D eigenvalue weighted by molar-refractivity contribution is 0.601.